The Morgan fingerprint density at radius 3 is 2.82 bits per heavy atom. The van der Waals surface area contributed by atoms with Gasteiger partial charge in [-0.2, -0.15) is 0 Å². The summed E-state index contributed by atoms with van der Waals surface area (Å²) in [4.78, 5) is 21.4. The maximum absolute atomic E-state index is 12.4. The molecule has 1 saturated heterocycles. The Labute approximate surface area is 229 Å². The molecule has 0 radical (unpaired) electrons. The first kappa shape index (κ1) is 28.2. The molecule has 0 bridgehead atoms. The lowest BCUT2D eigenvalue weighted by Crippen LogP contribution is -2.57. The number of likely N-dealkylation sites (tertiary alicyclic amines) is 1. The lowest BCUT2D eigenvalue weighted by molar-refractivity contribution is -0.145. The van der Waals surface area contributed by atoms with Gasteiger partial charge in [-0.05, 0) is 81.6 Å². The van der Waals surface area contributed by atoms with E-state index < -0.39 is 12.0 Å². The van der Waals surface area contributed by atoms with E-state index >= 15 is 0 Å². The van der Waals surface area contributed by atoms with E-state index in [-0.39, 0.29) is 0 Å². The number of unbranched alkanes of at least 4 members (excludes halogenated alkanes) is 5. The van der Waals surface area contributed by atoms with Gasteiger partial charge in [-0.15, -0.1) is 0 Å². The molecule has 6 heteroatoms. The largest absolute Gasteiger partial charge is 0.480 e. The van der Waals surface area contributed by atoms with Crippen LogP contribution in [-0.2, 0) is 17.6 Å². The number of aryl methyl sites for hydroxylation is 2. The van der Waals surface area contributed by atoms with Crippen molar-refractivity contribution >= 4 is 11.8 Å². The SMILES string of the molecule is C=C(C)N1C(C(C(=O)O)N2CC(CCCCCCc3ccc4c(n3)NCCC4)C2)=CC=C/C1=C/CCCC. The highest BCUT2D eigenvalue weighted by molar-refractivity contribution is 5.78. The molecule has 1 aromatic rings. The Morgan fingerprint density at radius 1 is 1.24 bits per heavy atom. The van der Waals surface area contributed by atoms with Crippen molar-refractivity contribution in [1.29, 1.82) is 0 Å². The molecule has 0 spiro atoms. The number of aliphatic carboxylic acids is 1. The van der Waals surface area contributed by atoms with Crippen LogP contribution in [0.5, 0.6) is 0 Å². The second kappa shape index (κ2) is 13.8. The number of aromatic nitrogens is 1. The van der Waals surface area contributed by atoms with E-state index in [1.807, 2.05) is 24.0 Å². The summed E-state index contributed by atoms with van der Waals surface area (Å²) in [5, 5.41) is 13.6. The number of carboxylic acids is 1. The van der Waals surface area contributed by atoms with Gasteiger partial charge in [-0.25, -0.2) is 4.98 Å². The molecule has 0 aliphatic carbocycles. The predicted octanol–water partition coefficient (Wildman–Crippen LogP) is 6.68. The van der Waals surface area contributed by atoms with Crippen LogP contribution in [-0.4, -0.2) is 51.5 Å². The van der Waals surface area contributed by atoms with Crippen molar-refractivity contribution in [3.8, 4) is 0 Å². The van der Waals surface area contributed by atoms with Gasteiger partial charge in [0.05, 0.1) is 5.70 Å². The number of carboxylic acid groups (broad SMARTS) is 1. The average molecular weight is 519 g/mol. The molecule has 3 aliphatic heterocycles. The molecule has 38 heavy (non-hydrogen) atoms. The minimum absolute atomic E-state index is 0.586. The van der Waals surface area contributed by atoms with Crippen LogP contribution >= 0.6 is 0 Å². The molecule has 1 atom stereocenters. The standard InChI is InChI=1S/C32H46N4O2/c1-4-5-8-16-28-17-11-18-29(36(28)24(2)3)30(32(37)38)35-22-25(23-35)13-9-6-7-10-15-27-20-19-26-14-12-21-33-31(26)34-27/h11,16-20,25,30H,2,4-10,12-15,21-23H2,1,3H3,(H,33,34)(H,37,38)/b28-16-. The third-order valence-corrected chi connectivity index (χ3v) is 7.95. The van der Waals surface area contributed by atoms with Gasteiger partial charge in [0.25, 0.3) is 0 Å². The monoisotopic (exact) mass is 518 g/mol. The summed E-state index contributed by atoms with van der Waals surface area (Å²) < 4.78 is 0. The molecule has 4 heterocycles. The number of pyridine rings is 1. The van der Waals surface area contributed by atoms with E-state index in [0.29, 0.717) is 5.92 Å². The second-order valence-corrected chi connectivity index (χ2v) is 11.1. The van der Waals surface area contributed by atoms with Gasteiger partial charge in [-0.1, -0.05) is 57.4 Å². The fraction of sp³-hybridized carbons (Fsp3) is 0.562. The van der Waals surface area contributed by atoms with E-state index in [1.165, 1.54) is 49.8 Å². The molecule has 6 nitrogen and oxygen atoms in total. The molecule has 0 aromatic carbocycles. The van der Waals surface area contributed by atoms with Gasteiger partial charge in [0.2, 0.25) is 0 Å². The number of hydrogen-bond donors (Lipinski definition) is 2. The van der Waals surface area contributed by atoms with E-state index in [9.17, 15) is 9.90 Å². The van der Waals surface area contributed by atoms with Crippen LogP contribution in [0.25, 0.3) is 0 Å². The van der Waals surface area contributed by atoms with E-state index in [0.717, 1.165) is 74.6 Å². The quantitative estimate of drug-likeness (QED) is 0.268. The summed E-state index contributed by atoms with van der Waals surface area (Å²) >= 11 is 0. The minimum atomic E-state index is -0.782. The third kappa shape index (κ3) is 7.16. The van der Waals surface area contributed by atoms with Crippen LogP contribution in [0.3, 0.4) is 0 Å². The zero-order chi connectivity index (χ0) is 26.9. The zero-order valence-electron chi connectivity index (χ0n) is 23.4. The highest BCUT2D eigenvalue weighted by Gasteiger charge is 2.40. The lowest BCUT2D eigenvalue weighted by Gasteiger charge is -2.46. The Kier molecular flexibility index (Phi) is 10.2. The highest BCUT2D eigenvalue weighted by Crippen LogP contribution is 2.33. The Hall–Kier alpha value is -2.86. The molecule has 0 amide bonds. The molecule has 1 fully saturated rings. The van der Waals surface area contributed by atoms with Crippen molar-refractivity contribution in [3.05, 3.63) is 71.4 Å². The van der Waals surface area contributed by atoms with Crippen molar-refractivity contribution in [1.82, 2.24) is 14.8 Å². The molecule has 1 unspecified atom stereocenters. The first-order valence-corrected chi connectivity index (χ1v) is 14.7. The topological polar surface area (TPSA) is 68.7 Å². The Bertz CT molecular complexity index is 1070. The number of nitrogens with one attached hydrogen (secondary N) is 1. The summed E-state index contributed by atoms with van der Waals surface area (Å²) in [7, 11) is 0. The van der Waals surface area contributed by atoms with Crippen LogP contribution in [0.1, 0.15) is 82.9 Å². The molecule has 0 saturated carbocycles. The van der Waals surface area contributed by atoms with Gasteiger partial charge >= 0.3 is 5.97 Å². The van der Waals surface area contributed by atoms with Gasteiger partial charge < -0.3 is 15.3 Å². The number of nitrogens with zero attached hydrogens (tertiary/aromatic N) is 3. The molecular formula is C32H46N4O2. The summed E-state index contributed by atoms with van der Waals surface area (Å²) in [5.41, 5.74) is 5.25. The normalized spacial score (nSPS) is 19.5. The molecular weight excluding hydrogens is 472 g/mol. The van der Waals surface area contributed by atoms with Gasteiger partial charge in [0.1, 0.15) is 11.9 Å². The number of fused-ring (bicyclic) bond motifs is 1. The summed E-state index contributed by atoms with van der Waals surface area (Å²) in [6.45, 7) is 11.0. The van der Waals surface area contributed by atoms with Gasteiger partial charge in [-0.3, -0.25) is 9.69 Å². The van der Waals surface area contributed by atoms with Crippen molar-refractivity contribution in [3.63, 3.8) is 0 Å². The van der Waals surface area contributed by atoms with Gasteiger partial charge in [0, 0.05) is 36.7 Å². The lowest BCUT2D eigenvalue weighted by atomic mass is 9.90. The Morgan fingerprint density at radius 2 is 2.05 bits per heavy atom. The van der Waals surface area contributed by atoms with E-state index in [2.05, 4.69) is 48.0 Å². The summed E-state index contributed by atoms with van der Waals surface area (Å²) in [6, 6.07) is 3.81. The van der Waals surface area contributed by atoms with Crippen molar-refractivity contribution in [2.45, 2.75) is 90.5 Å². The predicted molar refractivity (Wildman–Crippen MR) is 156 cm³/mol. The number of anilines is 1. The summed E-state index contributed by atoms with van der Waals surface area (Å²) in [6.07, 6.45) is 20.8. The van der Waals surface area contributed by atoms with Crippen molar-refractivity contribution < 1.29 is 9.90 Å². The first-order chi connectivity index (χ1) is 18.5. The zero-order valence-corrected chi connectivity index (χ0v) is 23.4. The fourth-order valence-electron chi connectivity index (χ4n) is 5.88. The molecule has 3 aliphatic rings. The molecule has 2 N–H and O–H groups in total. The van der Waals surface area contributed by atoms with Gasteiger partial charge in [0.15, 0.2) is 0 Å². The maximum Gasteiger partial charge on any atom is 0.327 e. The smallest absolute Gasteiger partial charge is 0.327 e. The van der Waals surface area contributed by atoms with Crippen molar-refractivity contribution in [2.75, 3.05) is 25.0 Å². The fourth-order valence-corrected chi connectivity index (χ4v) is 5.88. The average Bonchev–Trinajstić information content (AvgIpc) is 2.88. The van der Waals surface area contributed by atoms with E-state index in [1.54, 1.807) is 0 Å². The third-order valence-electron chi connectivity index (χ3n) is 7.95. The van der Waals surface area contributed by atoms with Crippen LogP contribution in [0.15, 0.2) is 60.1 Å². The minimum Gasteiger partial charge on any atom is -0.480 e. The Balaban J connectivity index is 1.20. The maximum atomic E-state index is 12.4. The van der Waals surface area contributed by atoms with Crippen LogP contribution in [0.4, 0.5) is 5.82 Å². The highest BCUT2D eigenvalue weighted by atomic mass is 16.4. The number of allylic oxidation sites excluding steroid dienone is 5. The van der Waals surface area contributed by atoms with E-state index in [4.69, 9.17) is 4.98 Å². The summed E-state index contributed by atoms with van der Waals surface area (Å²) in [5.74, 6) is 0.899. The van der Waals surface area contributed by atoms with Crippen LogP contribution in [0, 0.1) is 5.92 Å². The second-order valence-electron chi connectivity index (χ2n) is 11.1. The van der Waals surface area contributed by atoms with Crippen LogP contribution < -0.4 is 5.32 Å². The first-order valence-electron chi connectivity index (χ1n) is 14.7. The molecule has 206 valence electrons. The number of rotatable bonds is 14. The molecule has 4 rings (SSSR count). The van der Waals surface area contributed by atoms with Crippen molar-refractivity contribution in [2.24, 2.45) is 5.92 Å². The molecule has 1 aromatic heterocycles. The number of carbonyl (C=O) groups is 1. The number of hydrogen-bond acceptors (Lipinski definition) is 5. The van der Waals surface area contributed by atoms with Crippen LogP contribution in [0.2, 0.25) is 0 Å².